The van der Waals surface area contributed by atoms with Gasteiger partial charge in [0.15, 0.2) is 6.10 Å². The SMILES string of the molecule is CCOP(=O)(C[C@H]1[C@@H](OC(C)=O)[C@H](OC(C)=O)O[C@@H]1CN=[N+]=[N-])OCC. The molecule has 1 heterocycles. The average Bonchev–Trinajstić information content (AvgIpc) is 2.81. The molecule has 1 aliphatic rings. The number of hydrogen-bond acceptors (Lipinski definition) is 9. The summed E-state index contributed by atoms with van der Waals surface area (Å²) in [6, 6.07) is 0. The van der Waals surface area contributed by atoms with Crippen LogP contribution < -0.4 is 0 Å². The van der Waals surface area contributed by atoms with Crippen LogP contribution in [-0.4, -0.2) is 56.4 Å². The van der Waals surface area contributed by atoms with Gasteiger partial charge in [-0.1, -0.05) is 5.11 Å². The van der Waals surface area contributed by atoms with E-state index in [0.29, 0.717) is 0 Å². The molecule has 0 aliphatic carbocycles. The Balaban J connectivity index is 3.16. The molecule has 1 aliphatic heterocycles. The van der Waals surface area contributed by atoms with Gasteiger partial charge in [-0.3, -0.25) is 14.2 Å². The van der Waals surface area contributed by atoms with Crippen molar-refractivity contribution in [2.75, 3.05) is 25.9 Å². The summed E-state index contributed by atoms with van der Waals surface area (Å²) in [5.74, 6) is -2.00. The average molecular weight is 393 g/mol. The Morgan fingerprint density at radius 3 is 2.19 bits per heavy atom. The molecule has 0 radical (unpaired) electrons. The van der Waals surface area contributed by atoms with Gasteiger partial charge in [0.05, 0.1) is 32.0 Å². The molecule has 0 bridgehead atoms. The number of ether oxygens (including phenoxy) is 3. The van der Waals surface area contributed by atoms with Crippen LogP contribution in [0.4, 0.5) is 0 Å². The first kappa shape index (κ1) is 22.4. The van der Waals surface area contributed by atoms with Gasteiger partial charge in [0.2, 0.25) is 6.29 Å². The molecule has 11 nitrogen and oxygen atoms in total. The fourth-order valence-corrected chi connectivity index (χ4v) is 4.70. The molecule has 0 unspecified atom stereocenters. The van der Waals surface area contributed by atoms with Crippen LogP contribution in [0.25, 0.3) is 10.4 Å². The predicted octanol–water partition coefficient (Wildman–Crippen LogP) is 2.40. The van der Waals surface area contributed by atoms with Crippen LogP contribution in [0, 0.1) is 5.92 Å². The quantitative estimate of drug-likeness (QED) is 0.181. The highest BCUT2D eigenvalue weighted by Crippen LogP contribution is 2.52. The van der Waals surface area contributed by atoms with E-state index in [0.717, 1.165) is 0 Å². The summed E-state index contributed by atoms with van der Waals surface area (Å²) in [6.07, 6.45) is -3.20. The van der Waals surface area contributed by atoms with Crippen molar-refractivity contribution >= 4 is 19.5 Å². The van der Waals surface area contributed by atoms with Crippen molar-refractivity contribution in [3.05, 3.63) is 10.4 Å². The summed E-state index contributed by atoms with van der Waals surface area (Å²) in [5.41, 5.74) is 8.56. The highest BCUT2D eigenvalue weighted by molar-refractivity contribution is 7.53. The van der Waals surface area contributed by atoms with Crippen molar-refractivity contribution in [1.29, 1.82) is 0 Å². The van der Waals surface area contributed by atoms with Gasteiger partial charge >= 0.3 is 19.5 Å². The van der Waals surface area contributed by atoms with Crippen molar-refractivity contribution in [1.82, 2.24) is 0 Å². The molecule has 1 fully saturated rings. The van der Waals surface area contributed by atoms with Gasteiger partial charge in [-0.05, 0) is 19.4 Å². The van der Waals surface area contributed by atoms with E-state index in [-0.39, 0.29) is 25.9 Å². The van der Waals surface area contributed by atoms with Gasteiger partial charge in [-0.25, -0.2) is 0 Å². The molecule has 4 atom stereocenters. The highest BCUT2D eigenvalue weighted by Gasteiger charge is 2.51. The third-order valence-electron chi connectivity index (χ3n) is 3.47. The summed E-state index contributed by atoms with van der Waals surface area (Å²) < 4.78 is 39.3. The zero-order valence-corrected chi connectivity index (χ0v) is 16.1. The lowest BCUT2D eigenvalue weighted by molar-refractivity contribution is -0.193. The first-order chi connectivity index (χ1) is 12.3. The molecule has 0 N–H and O–H groups in total. The van der Waals surface area contributed by atoms with E-state index in [4.69, 9.17) is 28.8 Å². The lowest BCUT2D eigenvalue weighted by Gasteiger charge is -2.26. The van der Waals surface area contributed by atoms with Crippen LogP contribution in [0.1, 0.15) is 27.7 Å². The number of carbonyl (C=O) groups is 2. The Kier molecular flexibility index (Phi) is 9.04. The molecule has 148 valence electrons. The second-order valence-corrected chi connectivity index (χ2v) is 7.54. The molecule has 1 saturated heterocycles. The highest BCUT2D eigenvalue weighted by atomic mass is 31.2. The van der Waals surface area contributed by atoms with Gasteiger partial charge in [-0.2, -0.15) is 0 Å². The zero-order valence-electron chi connectivity index (χ0n) is 15.2. The summed E-state index contributed by atoms with van der Waals surface area (Å²) in [7, 11) is -3.53. The molecule has 0 aromatic carbocycles. The normalized spacial score (nSPS) is 25.4. The van der Waals surface area contributed by atoms with Gasteiger partial charge in [0, 0.05) is 24.7 Å². The molecule has 0 aromatic rings. The monoisotopic (exact) mass is 393 g/mol. The molecule has 26 heavy (non-hydrogen) atoms. The molecule has 1 rings (SSSR count). The van der Waals surface area contributed by atoms with E-state index in [1.54, 1.807) is 13.8 Å². The number of hydrogen-bond donors (Lipinski definition) is 0. The third kappa shape index (κ3) is 6.59. The van der Waals surface area contributed by atoms with Crippen LogP contribution in [0.15, 0.2) is 5.11 Å². The molecule has 0 amide bonds. The third-order valence-corrected chi connectivity index (χ3v) is 5.64. The van der Waals surface area contributed by atoms with E-state index in [2.05, 4.69) is 10.0 Å². The molecule has 0 spiro atoms. The van der Waals surface area contributed by atoms with Crippen LogP contribution in [-0.2, 0) is 37.4 Å². The van der Waals surface area contributed by atoms with E-state index < -0.39 is 44.0 Å². The summed E-state index contributed by atoms with van der Waals surface area (Å²) in [4.78, 5) is 25.5. The maximum absolute atomic E-state index is 12.9. The minimum Gasteiger partial charge on any atom is -0.455 e. The van der Waals surface area contributed by atoms with E-state index >= 15 is 0 Å². The zero-order chi connectivity index (χ0) is 19.7. The predicted molar refractivity (Wildman–Crippen MR) is 89.2 cm³/mol. The van der Waals surface area contributed by atoms with E-state index in [9.17, 15) is 14.2 Å². The number of carbonyl (C=O) groups excluding carboxylic acids is 2. The van der Waals surface area contributed by atoms with Crippen molar-refractivity contribution in [3.8, 4) is 0 Å². The van der Waals surface area contributed by atoms with Gasteiger partial charge in [0.1, 0.15) is 0 Å². The number of esters is 2. The minimum atomic E-state index is -3.53. The first-order valence-corrected chi connectivity index (χ1v) is 9.88. The van der Waals surface area contributed by atoms with Crippen LogP contribution in [0.5, 0.6) is 0 Å². The summed E-state index contributed by atoms with van der Waals surface area (Å²) in [6.45, 7) is 5.87. The van der Waals surface area contributed by atoms with Crippen LogP contribution in [0.3, 0.4) is 0 Å². The standard InChI is InChI=1S/C14H24N3O8P/c1-5-21-26(20,22-6-2)8-11-12(7-16-17-15)25-14(24-10(4)19)13(11)23-9(3)18/h11-14H,5-8H2,1-4H3/t11-,12-,13-,14-/m1/s1. The van der Waals surface area contributed by atoms with Crippen molar-refractivity contribution < 1.29 is 37.4 Å². The number of nitrogens with zero attached hydrogens (tertiary/aromatic N) is 3. The lowest BCUT2D eigenvalue weighted by Crippen LogP contribution is -2.37. The Morgan fingerprint density at radius 1 is 1.15 bits per heavy atom. The van der Waals surface area contributed by atoms with Crippen LogP contribution >= 0.6 is 7.60 Å². The Hall–Kier alpha value is -1.64. The molecular formula is C14H24N3O8P. The second-order valence-electron chi connectivity index (χ2n) is 5.43. The summed E-state index contributed by atoms with van der Waals surface area (Å²) >= 11 is 0. The maximum Gasteiger partial charge on any atom is 0.331 e. The molecule has 0 aromatic heterocycles. The molecule has 12 heteroatoms. The first-order valence-electron chi connectivity index (χ1n) is 8.15. The van der Waals surface area contributed by atoms with Crippen molar-refractivity contribution in [3.63, 3.8) is 0 Å². The second kappa shape index (κ2) is 10.5. The van der Waals surface area contributed by atoms with E-state index in [1.165, 1.54) is 13.8 Å². The van der Waals surface area contributed by atoms with Crippen molar-refractivity contribution in [2.45, 2.75) is 46.2 Å². The van der Waals surface area contributed by atoms with E-state index in [1.807, 2.05) is 0 Å². The van der Waals surface area contributed by atoms with Gasteiger partial charge in [0.25, 0.3) is 0 Å². The summed E-state index contributed by atoms with van der Waals surface area (Å²) in [5, 5.41) is 3.46. The smallest absolute Gasteiger partial charge is 0.331 e. The molecular weight excluding hydrogens is 369 g/mol. The lowest BCUT2D eigenvalue weighted by atomic mass is 10.0. The Bertz CT molecular complexity index is 585. The maximum atomic E-state index is 12.9. The molecule has 0 saturated carbocycles. The number of rotatable bonds is 10. The fraction of sp³-hybridized carbons (Fsp3) is 0.857. The van der Waals surface area contributed by atoms with Gasteiger partial charge in [-0.15, -0.1) is 0 Å². The number of azide groups is 1. The fourth-order valence-electron chi connectivity index (χ4n) is 2.67. The van der Waals surface area contributed by atoms with Crippen LogP contribution in [0.2, 0.25) is 0 Å². The Labute approximate surface area is 151 Å². The van der Waals surface area contributed by atoms with Gasteiger partial charge < -0.3 is 23.3 Å². The van der Waals surface area contributed by atoms with Crippen molar-refractivity contribution in [2.24, 2.45) is 11.0 Å². The minimum absolute atomic E-state index is 0.130. The largest absolute Gasteiger partial charge is 0.455 e. The Morgan fingerprint density at radius 2 is 1.73 bits per heavy atom. The topological polar surface area (TPSA) is 146 Å².